The molecular weight excluding hydrogens is 246 g/mol. The molecule has 0 aliphatic heterocycles. The first-order valence-electron chi connectivity index (χ1n) is 6.70. The minimum absolute atomic E-state index is 0.834. The van der Waals surface area contributed by atoms with Gasteiger partial charge in [-0.05, 0) is 24.6 Å². The van der Waals surface area contributed by atoms with E-state index < -0.39 is 0 Å². The van der Waals surface area contributed by atoms with Gasteiger partial charge in [0.1, 0.15) is 12.1 Å². The molecule has 0 spiro atoms. The van der Waals surface area contributed by atoms with Gasteiger partial charge in [0.05, 0.1) is 5.52 Å². The van der Waals surface area contributed by atoms with Crippen LogP contribution in [0.2, 0.25) is 0 Å². The average Bonchev–Trinajstić information content (AvgIpc) is 2.47. The predicted molar refractivity (Wildman–Crippen MR) is 82.8 cm³/mol. The van der Waals surface area contributed by atoms with Gasteiger partial charge in [0.15, 0.2) is 0 Å². The lowest BCUT2D eigenvalue weighted by molar-refractivity contribution is 0.900. The molecule has 100 valence electrons. The van der Waals surface area contributed by atoms with Crippen LogP contribution in [0.4, 0.5) is 5.82 Å². The number of rotatable bonds is 3. The molecule has 1 heterocycles. The molecular formula is C17H17N3. The lowest BCUT2D eigenvalue weighted by atomic mass is 10.1. The van der Waals surface area contributed by atoms with Crippen molar-refractivity contribution < 1.29 is 0 Å². The Labute approximate surface area is 118 Å². The first-order valence-corrected chi connectivity index (χ1v) is 6.70. The Morgan fingerprint density at radius 1 is 1.00 bits per heavy atom. The van der Waals surface area contributed by atoms with Crippen LogP contribution in [0.1, 0.15) is 11.1 Å². The number of benzene rings is 2. The predicted octanol–water partition coefficient (Wildman–Crippen LogP) is 3.57. The molecule has 0 saturated heterocycles. The van der Waals surface area contributed by atoms with Crippen molar-refractivity contribution in [1.29, 1.82) is 0 Å². The quantitative estimate of drug-likeness (QED) is 0.723. The molecule has 3 nitrogen and oxygen atoms in total. The van der Waals surface area contributed by atoms with Crippen molar-refractivity contribution in [3.63, 3.8) is 0 Å². The zero-order valence-electron chi connectivity index (χ0n) is 11.7. The number of hydrogen-bond donors (Lipinski definition) is 0. The van der Waals surface area contributed by atoms with E-state index in [4.69, 9.17) is 0 Å². The minimum Gasteiger partial charge on any atom is -0.355 e. The zero-order valence-corrected chi connectivity index (χ0v) is 11.7. The van der Waals surface area contributed by atoms with E-state index in [1.54, 1.807) is 6.33 Å². The third kappa shape index (κ3) is 2.48. The second kappa shape index (κ2) is 5.29. The van der Waals surface area contributed by atoms with E-state index in [9.17, 15) is 0 Å². The van der Waals surface area contributed by atoms with Crippen LogP contribution in [-0.2, 0) is 6.54 Å². The molecule has 0 unspecified atom stereocenters. The van der Waals surface area contributed by atoms with Crippen LogP contribution in [0.5, 0.6) is 0 Å². The van der Waals surface area contributed by atoms with Crippen LogP contribution >= 0.6 is 0 Å². The molecule has 0 aliphatic carbocycles. The highest BCUT2D eigenvalue weighted by Crippen LogP contribution is 2.24. The van der Waals surface area contributed by atoms with E-state index in [-0.39, 0.29) is 0 Å². The third-order valence-electron chi connectivity index (χ3n) is 3.39. The maximum absolute atomic E-state index is 4.46. The Hall–Kier alpha value is -2.42. The van der Waals surface area contributed by atoms with Crippen molar-refractivity contribution in [3.05, 3.63) is 66.0 Å². The van der Waals surface area contributed by atoms with Crippen LogP contribution in [0.25, 0.3) is 10.9 Å². The van der Waals surface area contributed by atoms with Gasteiger partial charge >= 0.3 is 0 Å². The number of aryl methyl sites for hydroxylation is 1. The summed E-state index contributed by atoms with van der Waals surface area (Å²) in [6, 6.07) is 16.7. The van der Waals surface area contributed by atoms with Crippen LogP contribution in [0, 0.1) is 6.92 Å². The van der Waals surface area contributed by atoms with Gasteiger partial charge in [-0.25, -0.2) is 9.97 Å². The summed E-state index contributed by atoms with van der Waals surface area (Å²) in [5, 5.41) is 1.10. The van der Waals surface area contributed by atoms with Gasteiger partial charge in [0.25, 0.3) is 0 Å². The van der Waals surface area contributed by atoms with E-state index in [0.29, 0.717) is 0 Å². The highest BCUT2D eigenvalue weighted by molar-refractivity contribution is 5.89. The normalized spacial score (nSPS) is 10.7. The van der Waals surface area contributed by atoms with Gasteiger partial charge in [-0.2, -0.15) is 0 Å². The molecule has 1 aromatic heterocycles. The fourth-order valence-corrected chi connectivity index (χ4v) is 2.39. The largest absolute Gasteiger partial charge is 0.355 e. The molecule has 0 saturated carbocycles. The summed E-state index contributed by atoms with van der Waals surface area (Å²) in [5.74, 6) is 0.975. The van der Waals surface area contributed by atoms with E-state index in [2.05, 4.69) is 65.2 Å². The van der Waals surface area contributed by atoms with Crippen LogP contribution in [0.3, 0.4) is 0 Å². The second-order valence-corrected chi connectivity index (χ2v) is 5.06. The van der Waals surface area contributed by atoms with Crippen molar-refractivity contribution >= 4 is 16.7 Å². The lowest BCUT2D eigenvalue weighted by Crippen LogP contribution is -2.18. The highest BCUT2D eigenvalue weighted by atomic mass is 15.2. The first-order chi connectivity index (χ1) is 9.74. The molecule has 3 rings (SSSR count). The molecule has 0 bridgehead atoms. The van der Waals surface area contributed by atoms with Crippen molar-refractivity contribution in [2.45, 2.75) is 13.5 Å². The number of hydrogen-bond acceptors (Lipinski definition) is 3. The Morgan fingerprint density at radius 3 is 2.60 bits per heavy atom. The average molecular weight is 263 g/mol. The van der Waals surface area contributed by atoms with Crippen molar-refractivity contribution in [1.82, 2.24) is 9.97 Å². The SMILES string of the molecule is Cc1ccc2ncnc(N(C)Cc3ccccc3)c2c1. The lowest BCUT2D eigenvalue weighted by Gasteiger charge is -2.19. The fraction of sp³-hybridized carbons (Fsp3) is 0.176. The number of nitrogens with zero attached hydrogens (tertiary/aromatic N) is 3. The molecule has 0 N–H and O–H groups in total. The van der Waals surface area contributed by atoms with Crippen molar-refractivity contribution in [2.75, 3.05) is 11.9 Å². The van der Waals surface area contributed by atoms with Crippen LogP contribution in [0.15, 0.2) is 54.9 Å². The van der Waals surface area contributed by atoms with Gasteiger partial charge in [-0.3, -0.25) is 0 Å². The van der Waals surface area contributed by atoms with Crippen molar-refractivity contribution in [3.8, 4) is 0 Å². The van der Waals surface area contributed by atoms with E-state index in [0.717, 1.165) is 23.3 Å². The summed E-state index contributed by atoms with van der Waals surface area (Å²) in [5.41, 5.74) is 3.48. The summed E-state index contributed by atoms with van der Waals surface area (Å²) in [7, 11) is 2.07. The zero-order chi connectivity index (χ0) is 13.9. The second-order valence-electron chi connectivity index (χ2n) is 5.06. The smallest absolute Gasteiger partial charge is 0.139 e. The van der Waals surface area contributed by atoms with Crippen LogP contribution in [-0.4, -0.2) is 17.0 Å². The Kier molecular flexibility index (Phi) is 3.33. The third-order valence-corrected chi connectivity index (χ3v) is 3.39. The fourth-order valence-electron chi connectivity index (χ4n) is 2.39. The Balaban J connectivity index is 1.99. The number of anilines is 1. The van der Waals surface area contributed by atoms with E-state index in [1.165, 1.54) is 11.1 Å². The summed E-state index contributed by atoms with van der Waals surface area (Å²) in [4.78, 5) is 11.0. The maximum Gasteiger partial charge on any atom is 0.139 e. The van der Waals surface area contributed by atoms with Gasteiger partial charge in [-0.15, -0.1) is 0 Å². The molecule has 0 amide bonds. The van der Waals surface area contributed by atoms with Gasteiger partial charge in [0, 0.05) is 19.0 Å². The topological polar surface area (TPSA) is 29.0 Å². The molecule has 20 heavy (non-hydrogen) atoms. The number of aromatic nitrogens is 2. The summed E-state index contributed by atoms with van der Waals surface area (Å²) in [6.07, 6.45) is 1.63. The highest BCUT2D eigenvalue weighted by Gasteiger charge is 2.09. The summed E-state index contributed by atoms with van der Waals surface area (Å²) in [6.45, 7) is 2.92. The molecule has 3 heteroatoms. The maximum atomic E-state index is 4.46. The monoisotopic (exact) mass is 263 g/mol. The molecule has 0 aliphatic rings. The molecule has 2 aromatic carbocycles. The standard InChI is InChI=1S/C17H17N3/c1-13-8-9-16-15(10-13)17(19-12-18-16)20(2)11-14-6-4-3-5-7-14/h3-10,12H,11H2,1-2H3. The number of fused-ring (bicyclic) bond motifs is 1. The van der Waals surface area contributed by atoms with Gasteiger partial charge in [-0.1, -0.05) is 42.0 Å². The Morgan fingerprint density at radius 2 is 1.80 bits per heavy atom. The van der Waals surface area contributed by atoms with E-state index >= 15 is 0 Å². The van der Waals surface area contributed by atoms with Crippen LogP contribution < -0.4 is 4.90 Å². The molecule has 0 fully saturated rings. The first kappa shape index (κ1) is 12.6. The summed E-state index contributed by atoms with van der Waals surface area (Å²) < 4.78 is 0. The van der Waals surface area contributed by atoms with E-state index in [1.807, 2.05) is 12.1 Å². The molecule has 3 aromatic rings. The van der Waals surface area contributed by atoms with Gasteiger partial charge < -0.3 is 4.90 Å². The minimum atomic E-state index is 0.834. The van der Waals surface area contributed by atoms with Gasteiger partial charge in [0.2, 0.25) is 0 Å². The molecule has 0 radical (unpaired) electrons. The molecule has 0 atom stereocenters. The Bertz CT molecular complexity index is 723. The van der Waals surface area contributed by atoms with Crippen molar-refractivity contribution in [2.24, 2.45) is 0 Å². The summed E-state index contributed by atoms with van der Waals surface area (Å²) >= 11 is 0.